The summed E-state index contributed by atoms with van der Waals surface area (Å²) in [5, 5.41) is 9.30. The Hall–Kier alpha value is -2.55. The van der Waals surface area contributed by atoms with Crippen molar-refractivity contribution in [3.05, 3.63) is 70.3 Å². The number of rotatable bonds is 8. The monoisotopic (exact) mass is 480 g/mol. The Morgan fingerprint density at radius 2 is 1.78 bits per heavy atom. The molecule has 27 heavy (non-hydrogen) atoms. The molecule has 0 aliphatic heterocycles. The van der Waals surface area contributed by atoms with Crippen molar-refractivity contribution >= 4 is 40.3 Å². The standard InChI is InChI=1S/C20H21IN2O4/c1-22(17-6-3-2-4-7-17)19(24)8-5-13-23(20(25)26)14-15-27-18-11-9-16(21)10-12-18/h2-12H,13-15H2,1H3,(H,25,26)/b8-5+. The van der Waals surface area contributed by atoms with Crippen molar-refractivity contribution in [1.82, 2.24) is 4.90 Å². The predicted molar refractivity (Wildman–Crippen MR) is 113 cm³/mol. The predicted octanol–water partition coefficient (Wildman–Crippen LogP) is 3.87. The molecule has 142 valence electrons. The summed E-state index contributed by atoms with van der Waals surface area (Å²) in [6.45, 7) is 0.548. The van der Waals surface area contributed by atoms with E-state index in [1.807, 2.05) is 54.6 Å². The van der Waals surface area contributed by atoms with E-state index in [1.165, 1.54) is 15.9 Å². The summed E-state index contributed by atoms with van der Waals surface area (Å²) in [4.78, 5) is 26.2. The second-order valence-corrected chi connectivity index (χ2v) is 6.91. The average molecular weight is 480 g/mol. The minimum atomic E-state index is -1.06. The van der Waals surface area contributed by atoms with Gasteiger partial charge in [0.25, 0.3) is 0 Å². The summed E-state index contributed by atoms with van der Waals surface area (Å²) in [5.41, 5.74) is 0.771. The number of para-hydroxylation sites is 1. The molecule has 7 heteroatoms. The lowest BCUT2D eigenvalue weighted by Crippen LogP contribution is -2.33. The van der Waals surface area contributed by atoms with Crippen molar-refractivity contribution in [2.75, 3.05) is 31.6 Å². The largest absolute Gasteiger partial charge is 0.492 e. The summed E-state index contributed by atoms with van der Waals surface area (Å²) >= 11 is 2.20. The van der Waals surface area contributed by atoms with Gasteiger partial charge in [-0.25, -0.2) is 4.79 Å². The van der Waals surface area contributed by atoms with E-state index in [0.717, 1.165) is 9.26 Å². The van der Waals surface area contributed by atoms with Gasteiger partial charge in [-0.15, -0.1) is 0 Å². The number of halogens is 1. The molecule has 2 rings (SSSR count). The maximum absolute atomic E-state index is 12.2. The molecule has 0 aliphatic rings. The van der Waals surface area contributed by atoms with E-state index in [2.05, 4.69) is 22.6 Å². The van der Waals surface area contributed by atoms with Gasteiger partial charge in [0.2, 0.25) is 5.91 Å². The number of ether oxygens (including phenoxy) is 1. The summed E-state index contributed by atoms with van der Waals surface area (Å²) in [5.74, 6) is 0.470. The van der Waals surface area contributed by atoms with Gasteiger partial charge >= 0.3 is 6.09 Å². The lowest BCUT2D eigenvalue weighted by molar-refractivity contribution is -0.113. The number of amides is 2. The van der Waals surface area contributed by atoms with Crippen LogP contribution in [0.25, 0.3) is 0 Å². The van der Waals surface area contributed by atoms with Crippen LogP contribution in [0.2, 0.25) is 0 Å². The number of anilines is 1. The van der Waals surface area contributed by atoms with Crippen LogP contribution >= 0.6 is 22.6 Å². The molecule has 0 bridgehead atoms. The molecule has 2 amide bonds. The fourth-order valence-electron chi connectivity index (χ4n) is 2.24. The number of carbonyl (C=O) groups excluding carboxylic acids is 1. The van der Waals surface area contributed by atoms with Crippen LogP contribution < -0.4 is 9.64 Å². The van der Waals surface area contributed by atoms with Crippen molar-refractivity contribution in [2.24, 2.45) is 0 Å². The smallest absolute Gasteiger partial charge is 0.407 e. The summed E-state index contributed by atoms with van der Waals surface area (Å²) in [6.07, 6.45) is 1.86. The molecule has 0 saturated carbocycles. The van der Waals surface area contributed by atoms with E-state index in [0.29, 0.717) is 5.75 Å². The van der Waals surface area contributed by atoms with Crippen molar-refractivity contribution in [3.8, 4) is 5.75 Å². The third kappa shape index (κ3) is 6.93. The SMILES string of the molecule is CN(C(=O)/C=C/CN(CCOc1ccc(I)cc1)C(=O)O)c1ccccc1. The molecule has 0 heterocycles. The van der Waals surface area contributed by atoms with Gasteiger partial charge in [0.15, 0.2) is 0 Å². The van der Waals surface area contributed by atoms with Crippen LogP contribution in [0.4, 0.5) is 10.5 Å². The number of carboxylic acid groups (broad SMARTS) is 1. The van der Waals surface area contributed by atoms with Crippen molar-refractivity contribution in [2.45, 2.75) is 0 Å². The van der Waals surface area contributed by atoms with E-state index < -0.39 is 6.09 Å². The van der Waals surface area contributed by atoms with Gasteiger partial charge < -0.3 is 19.6 Å². The van der Waals surface area contributed by atoms with E-state index in [4.69, 9.17) is 4.74 Å². The highest BCUT2D eigenvalue weighted by molar-refractivity contribution is 14.1. The highest BCUT2D eigenvalue weighted by Gasteiger charge is 2.11. The van der Waals surface area contributed by atoms with Gasteiger partial charge in [-0.3, -0.25) is 4.79 Å². The Bertz CT molecular complexity index is 778. The minimum Gasteiger partial charge on any atom is -0.492 e. The molecule has 0 unspecified atom stereocenters. The summed E-state index contributed by atoms with van der Waals surface area (Å²) in [7, 11) is 1.67. The first kappa shape index (κ1) is 20.8. The Kier molecular flexibility index (Phi) is 8.12. The van der Waals surface area contributed by atoms with Crippen molar-refractivity contribution < 1.29 is 19.4 Å². The Labute approximate surface area is 172 Å². The molecule has 0 saturated heterocycles. The molecule has 0 spiro atoms. The zero-order chi connectivity index (χ0) is 19.6. The van der Waals surface area contributed by atoms with Crippen LogP contribution in [0.1, 0.15) is 0 Å². The first-order valence-corrected chi connectivity index (χ1v) is 9.41. The highest BCUT2D eigenvalue weighted by Crippen LogP contribution is 2.13. The molecular weight excluding hydrogens is 459 g/mol. The molecule has 2 aromatic rings. The third-order valence-corrected chi connectivity index (χ3v) is 4.49. The Morgan fingerprint density at radius 1 is 1.11 bits per heavy atom. The van der Waals surface area contributed by atoms with Crippen LogP contribution in [-0.2, 0) is 4.79 Å². The number of benzene rings is 2. The van der Waals surface area contributed by atoms with Crippen molar-refractivity contribution in [3.63, 3.8) is 0 Å². The molecular formula is C20H21IN2O4. The molecule has 0 aliphatic carbocycles. The molecule has 0 atom stereocenters. The lowest BCUT2D eigenvalue weighted by atomic mass is 10.3. The van der Waals surface area contributed by atoms with Gasteiger partial charge in [0.1, 0.15) is 12.4 Å². The molecule has 1 N–H and O–H groups in total. The lowest BCUT2D eigenvalue weighted by Gasteiger charge is -2.18. The number of carbonyl (C=O) groups is 2. The minimum absolute atomic E-state index is 0.111. The highest BCUT2D eigenvalue weighted by atomic mass is 127. The van der Waals surface area contributed by atoms with E-state index in [9.17, 15) is 14.7 Å². The van der Waals surface area contributed by atoms with Crippen LogP contribution in [0.15, 0.2) is 66.7 Å². The quantitative estimate of drug-likeness (QED) is 0.460. The third-order valence-electron chi connectivity index (χ3n) is 3.77. The Balaban J connectivity index is 1.82. The van der Waals surface area contributed by atoms with E-state index in [-0.39, 0.29) is 25.6 Å². The zero-order valence-corrected chi connectivity index (χ0v) is 17.1. The number of nitrogens with zero attached hydrogens (tertiary/aromatic N) is 2. The van der Waals surface area contributed by atoms with Crippen LogP contribution in [0.3, 0.4) is 0 Å². The maximum atomic E-state index is 12.2. The molecule has 0 fully saturated rings. The van der Waals surface area contributed by atoms with Gasteiger partial charge in [-0.05, 0) is 59.0 Å². The number of hydrogen-bond donors (Lipinski definition) is 1. The summed E-state index contributed by atoms with van der Waals surface area (Å²) < 4.78 is 6.66. The van der Waals surface area contributed by atoms with Crippen LogP contribution in [0.5, 0.6) is 5.75 Å². The first-order chi connectivity index (χ1) is 13.0. The van der Waals surface area contributed by atoms with Gasteiger partial charge in [-0.1, -0.05) is 24.3 Å². The second kappa shape index (κ2) is 10.6. The summed E-state index contributed by atoms with van der Waals surface area (Å²) in [6, 6.07) is 16.8. The van der Waals surface area contributed by atoms with Crippen molar-refractivity contribution in [1.29, 1.82) is 0 Å². The Morgan fingerprint density at radius 3 is 2.41 bits per heavy atom. The number of likely N-dealkylation sites (N-methyl/N-ethyl adjacent to an activating group) is 1. The zero-order valence-electron chi connectivity index (χ0n) is 14.9. The normalized spacial score (nSPS) is 10.6. The van der Waals surface area contributed by atoms with Gasteiger partial charge in [0, 0.05) is 28.9 Å². The first-order valence-electron chi connectivity index (χ1n) is 8.33. The number of hydrogen-bond acceptors (Lipinski definition) is 3. The second-order valence-electron chi connectivity index (χ2n) is 5.67. The van der Waals surface area contributed by atoms with Gasteiger partial charge in [0.05, 0.1) is 6.54 Å². The fourth-order valence-corrected chi connectivity index (χ4v) is 2.60. The molecule has 0 aromatic heterocycles. The maximum Gasteiger partial charge on any atom is 0.407 e. The van der Waals surface area contributed by atoms with E-state index in [1.54, 1.807) is 13.1 Å². The van der Waals surface area contributed by atoms with Gasteiger partial charge in [-0.2, -0.15) is 0 Å². The van der Waals surface area contributed by atoms with Crippen LogP contribution in [0, 0.1) is 3.57 Å². The topological polar surface area (TPSA) is 70.1 Å². The molecule has 2 aromatic carbocycles. The fraction of sp³-hybridized carbons (Fsp3) is 0.200. The molecule has 0 radical (unpaired) electrons. The van der Waals surface area contributed by atoms with Crippen LogP contribution in [-0.4, -0.2) is 48.8 Å². The molecule has 6 nitrogen and oxygen atoms in total. The average Bonchev–Trinajstić information content (AvgIpc) is 2.68. The van der Waals surface area contributed by atoms with E-state index >= 15 is 0 Å².